The highest BCUT2D eigenvalue weighted by molar-refractivity contribution is 6.15. The summed E-state index contributed by atoms with van der Waals surface area (Å²) in [6.07, 6.45) is 0. The lowest BCUT2D eigenvalue weighted by Gasteiger charge is -2.14. The molecule has 8 rings (SSSR count). The maximum Gasteiger partial charge on any atom is 0.146 e. The second-order valence-electron chi connectivity index (χ2n) is 9.61. The number of para-hydroxylation sites is 3. The summed E-state index contributed by atoms with van der Waals surface area (Å²) < 4.78 is 2.30. The maximum absolute atomic E-state index is 5.05. The smallest absolute Gasteiger partial charge is 0.146 e. The van der Waals surface area contributed by atoms with Crippen molar-refractivity contribution in [2.75, 3.05) is 0 Å². The molecule has 2 heterocycles. The second kappa shape index (κ2) is 7.78. The zero-order chi connectivity index (χ0) is 24.3. The van der Waals surface area contributed by atoms with Gasteiger partial charge in [-0.05, 0) is 68.7 Å². The Hall–Kier alpha value is -4.95. The van der Waals surface area contributed by atoms with Gasteiger partial charge < -0.3 is 0 Å². The number of nitrogens with zero attached hydrogens (tertiary/aromatic N) is 2. The van der Waals surface area contributed by atoms with Gasteiger partial charge >= 0.3 is 0 Å². The number of hydrogen-bond acceptors (Lipinski definition) is 1. The first-order valence-corrected chi connectivity index (χ1v) is 12.7. The Morgan fingerprint density at radius 1 is 0.405 bits per heavy atom. The van der Waals surface area contributed by atoms with E-state index in [0.29, 0.717) is 0 Å². The molecule has 0 fully saturated rings. The normalized spacial score (nSPS) is 11.8. The highest BCUT2D eigenvalue weighted by Gasteiger charge is 2.15. The molecular formula is C35H22N2. The van der Waals surface area contributed by atoms with Crippen LogP contribution in [-0.2, 0) is 0 Å². The van der Waals surface area contributed by atoms with Crippen molar-refractivity contribution in [3.8, 4) is 22.3 Å². The van der Waals surface area contributed by atoms with Gasteiger partial charge in [-0.1, -0.05) is 103 Å². The van der Waals surface area contributed by atoms with Gasteiger partial charge in [-0.15, -0.1) is 0 Å². The molecule has 0 radical (unpaired) electrons. The molecule has 6 aromatic carbocycles. The first-order valence-electron chi connectivity index (χ1n) is 12.7. The van der Waals surface area contributed by atoms with E-state index in [1.54, 1.807) is 0 Å². The molecule has 2 aromatic heterocycles. The molecule has 0 aliphatic heterocycles. The summed E-state index contributed by atoms with van der Waals surface area (Å²) in [5, 5.41) is 6.17. The summed E-state index contributed by atoms with van der Waals surface area (Å²) in [4.78, 5) is 5.05. The number of fused-ring (bicyclic) bond motifs is 9. The van der Waals surface area contributed by atoms with Crippen LogP contribution in [0.25, 0.3) is 71.4 Å². The molecule has 172 valence electrons. The van der Waals surface area contributed by atoms with E-state index in [1.165, 1.54) is 54.7 Å². The van der Waals surface area contributed by atoms with Crippen molar-refractivity contribution in [1.29, 1.82) is 0 Å². The molecule has 2 nitrogen and oxygen atoms in total. The lowest BCUT2D eigenvalue weighted by molar-refractivity contribution is 1.31. The van der Waals surface area contributed by atoms with Crippen LogP contribution in [0.2, 0.25) is 0 Å². The number of hydrogen-bond donors (Lipinski definition) is 0. The summed E-state index contributed by atoms with van der Waals surface area (Å²) in [6.45, 7) is 0. The first kappa shape index (κ1) is 20.3. The van der Waals surface area contributed by atoms with Gasteiger partial charge in [0.25, 0.3) is 0 Å². The van der Waals surface area contributed by atoms with Crippen LogP contribution in [0.15, 0.2) is 133 Å². The summed E-state index contributed by atoms with van der Waals surface area (Å²) >= 11 is 0. The Morgan fingerprint density at radius 2 is 1.03 bits per heavy atom. The summed E-state index contributed by atoms with van der Waals surface area (Å²) in [5.41, 5.74) is 9.31. The molecule has 0 aliphatic carbocycles. The van der Waals surface area contributed by atoms with Crippen molar-refractivity contribution >= 4 is 49.1 Å². The van der Waals surface area contributed by atoms with E-state index in [-0.39, 0.29) is 0 Å². The number of imidazole rings is 1. The highest BCUT2D eigenvalue weighted by Crippen LogP contribution is 2.39. The Morgan fingerprint density at radius 3 is 1.81 bits per heavy atom. The molecule has 2 heteroatoms. The molecule has 0 N–H and O–H groups in total. The summed E-state index contributed by atoms with van der Waals surface area (Å²) in [7, 11) is 0. The molecule has 0 saturated carbocycles. The monoisotopic (exact) mass is 470 g/mol. The van der Waals surface area contributed by atoms with E-state index in [9.17, 15) is 0 Å². The van der Waals surface area contributed by atoms with Crippen LogP contribution < -0.4 is 0 Å². The molecular weight excluding hydrogens is 448 g/mol. The van der Waals surface area contributed by atoms with Gasteiger partial charge in [0.1, 0.15) is 5.65 Å². The minimum Gasteiger partial charge on any atom is -0.292 e. The SMILES string of the molecule is c1ccc(-c2ccc(-c3ccc4c(c3)c3ccccc3n3c5ccccc5nc43)c3ccccc23)cc1. The largest absolute Gasteiger partial charge is 0.292 e. The highest BCUT2D eigenvalue weighted by atomic mass is 15.0. The van der Waals surface area contributed by atoms with Crippen LogP contribution >= 0.6 is 0 Å². The zero-order valence-electron chi connectivity index (χ0n) is 20.1. The van der Waals surface area contributed by atoms with Crippen molar-refractivity contribution in [3.63, 3.8) is 0 Å². The predicted molar refractivity (Wildman–Crippen MR) is 156 cm³/mol. The topological polar surface area (TPSA) is 17.3 Å². The number of pyridine rings is 1. The molecule has 37 heavy (non-hydrogen) atoms. The second-order valence-corrected chi connectivity index (χ2v) is 9.61. The summed E-state index contributed by atoms with van der Waals surface area (Å²) in [5.74, 6) is 0. The van der Waals surface area contributed by atoms with Gasteiger partial charge in [0.15, 0.2) is 0 Å². The van der Waals surface area contributed by atoms with E-state index in [0.717, 1.165) is 16.7 Å². The van der Waals surface area contributed by atoms with Crippen LogP contribution in [0.5, 0.6) is 0 Å². The van der Waals surface area contributed by atoms with Crippen LogP contribution in [0.4, 0.5) is 0 Å². The molecule has 0 bridgehead atoms. The fourth-order valence-corrected chi connectivity index (χ4v) is 5.90. The molecule has 0 spiro atoms. The average Bonchev–Trinajstić information content (AvgIpc) is 3.37. The van der Waals surface area contributed by atoms with Crippen LogP contribution in [0, 0.1) is 0 Å². The van der Waals surface area contributed by atoms with Crippen LogP contribution in [0.3, 0.4) is 0 Å². The fraction of sp³-hybridized carbons (Fsp3) is 0. The number of rotatable bonds is 2. The Kier molecular flexibility index (Phi) is 4.26. The average molecular weight is 471 g/mol. The Bertz CT molecular complexity index is 2140. The van der Waals surface area contributed by atoms with Gasteiger partial charge in [0.2, 0.25) is 0 Å². The van der Waals surface area contributed by atoms with Crippen molar-refractivity contribution in [2.24, 2.45) is 0 Å². The molecule has 8 aromatic rings. The van der Waals surface area contributed by atoms with Crippen molar-refractivity contribution in [1.82, 2.24) is 9.38 Å². The Balaban J connectivity index is 1.44. The first-order chi connectivity index (χ1) is 18.4. The molecule has 0 atom stereocenters. The van der Waals surface area contributed by atoms with Crippen LogP contribution in [0.1, 0.15) is 0 Å². The maximum atomic E-state index is 5.05. The third-order valence-electron chi connectivity index (χ3n) is 7.58. The zero-order valence-corrected chi connectivity index (χ0v) is 20.1. The van der Waals surface area contributed by atoms with Gasteiger partial charge in [0, 0.05) is 10.8 Å². The number of aromatic nitrogens is 2. The van der Waals surface area contributed by atoms with E-state index in [2.05, 4.69) is 138 Å². The molecule has 0 amide bonds. The van der Waals surface area contributed by atoms with Crippen molar-refractivity contribution in [2.45, 2.75) is 0 Å². The van der Waals surface area contributed by atoms with E-state index >= 15 is 0 Å². The lowest BCUT2D eigenvalue weighted by atomic mass is 9.91. The van der Waals surface area contributed by atoms with E-state index in [1.807, 2.05) is 0 Å². The van der Waals surface area contributed by atoms with Crippen molar-refractivity contribution < 1.29 is 0 Å². The third kappa shape index (κ3) is 2.96. The molecule has 0 aliphatic rings. The fourth-order valence-electron chi connectivity index (χ4n) is 5.90. The number of benzene rings is 6. The quantitative estimate of drug-likeness (QED) is 0.230. The standard InChI is InChI=1S/C35H22N2/c1-2-10-23(11-3-1)25-20-21-26(28-13-5-4-12-27(25)28)24-18-19-30-31(22-24)29-14-6-8-16-33(29)37-34-17-9-7-15-32(34)36-35(30)37/h1-22H. The van der Waals surface area contributed by atoms with Gasteiger partial charge in [-0.2, -0.15) is 0 Å². The van der Waals surface area contributed by atoms with Crippen LogP contribution in [-0.4, -0.2) is 9.38 Å². The van der Waals surface area contributed by atoms with Crippen molar-refractivity contribution in [3.05, 3.63) is 133 Å². The third-order valence-corrected chi connectivity index (χ3v) is 7.58. The van der Waals surface area contributed by atoms with E-state index in [4.69, 9.17) is 4.98 Å². The van der Waals surface area contributed by atoms with Gasteiger partial charge in [-0.25, -0.2) is 4.98 Å². The summed E-state index contributed by atoms with van der Waals surface area (Å²) in [6, 6.07) is 47.8. The lowest BCUT2D eigenvalue weighted by Crippen LogP contribution is -1.92. The van der Waals surface area contributed by atoms with Gasteiger partial charge in [-0.3, -0.25) is 4.40 Å². The molecule has 0 saturated heterocycles. The minimum atomic E-state index is 1.01. The molecule has 0 unspecified atom stereocenters. The van der Waals surface area contributed by atoms with E-state index < -0.39 is 0 Å². The predicted octanol–water partition coefficient (Wildman–Crippen LogP) is 9.28. The van der Waals surface area contributed by atoms with Gasteiger partial charge in [0.05, 0.1) is 16.6 Å². The minimum absolute atomic E-state index is 1.01. The Labute approximate surface area is 214 Å².